The lowest BCUT2D eigenvalue weighted by atomic mass is 9.93. The third kappa shape index (κ3) is 3.72. The maximum atomic E-state index is 6.15. The van der Waals surface area contributed by atoms with Crippen LogP contribution in [-0.4, -0.2) is 25.9 Å². The molecular formula is C14H21NO2. The fraction of sp³-hybridized carbons (Fsp3) is 0.571. The highest BCUT2D eigenvalue weighted by molar-refractivity contribution is 5.27. The first-order chi connectivity index (χ1) is 8.25. The van der Waals surface area contributed by atoms with Gasteiger partial charge in [-0.05, 0) is 43.4 Å². The van der Waals surface area contributed by atoms with Crippen LogP contribution in [0.5, 0.6) is 5.75 Å². The first-order valence-corrected chi connectivity index (χ1v) is 6.28. The third-order valence-electron chi connectivity index (χ3n) is 3.30. The zero-order valence-electron chi connectivity index (χ0n) is 10.4. The van der Waals surface area contributed by atoms with E-state index in [4.69, 9.17) is 15.2 Å². The predicted octanol–water partition coefficient (Wildman–Crippen LogP) is 2.13. The SMILES string of the molecule is Cc1cccc(OCC(N)C2CCOCC2)c1. The van der Waals surface area contributed by atoms with Crippen LogP contribution in [0.25, 0.3) is 0 Å². The molecule has 0 aliphatic carbocycles. The molecule has 1 aliphatic rings. The Morgan fingerprint density at radius 3 is 2.88 bits per heavy atom. The van der Waals surface area contributed by atoms with Gasteiger partial charge < -0.3 is 15.2 Å². The van der Waals surface area contributed by atoms with Crippen molar-refractivity contribution in [1.29, 1.82) is 0 Å². The average Bonchev–Trinajstić information content (AvgIpc) is 2.37. The van der Waals surface area contributed by atoms with Crippen molar-refractivity contribution in [2.45, 2.75) is 25.8 Å². The summed E-state index contributed by atoms with van der Waals surface area (Å²) >= 11 is 0. The van der Waals surface area contributed by atoms with Gasteiger partial charge in [-0.15, -0.1) is 0 Å². The highest BCUT2D eigenvalue weighted by Gasteiger charge is 2.21. The van der Waals surface area contributed by atoms with Crippen molar-refractivity contribution < 1.29 is 9.47 Å². The molecule has 0 spiro atoms. The minimum Gasteiger partial charge on any atom is -0.492 e. The van der Waals surface area contributed by atoms with Crippen LogP contribution in [-0.2, 0) is 4.74 Å². The molecule has 0 bridgehead atoms. The fourth-order valence-electron chi connectivity index (χ4n) is 2.18. The summed E-state index contributed by atoms with van der Waals surface area (Å²) in [6.45, 7) is 4.32. The molecule has 94 valence electrons. The van der Waals surface area contributed by atoms with E-state index in [2.05, 4.69) is 13.0 Å². The van der Waals surface area contributed by atoms with Gasteiger partial charge in [-0.1, -0.05) is 12.1 Å². The van der Waals surface area contributed by atoms with E-state index in [-0.39, 0.29) is 6.04 Å². The molecule has 17 heavy (non-hydrogen) atoms. The van der Waals surface area contributed by atoms with E-state index in [1.165, 1.54) is 5.56 Å². The summed E-state index contributed by atoms with van der Waals surface area (Å²) < 4.78 is 11.1. The van der Waals surface area contributed by atoms with Crippen molar-refractivity contribution in [3.8, 4) is 5.75 Å². The molecule has 0 amide bonds. The van der Waals surface area contributed by atoms with Gasteiger partial charge in [0.05, 0.1) is 0 Å². The zero-order chi connectivity index (χ0) is 12.1. The molecule has 0 aromatic heterocycles. The first kappa shape index (κ1) is 12.4. The summed E-state index contributed by atoms with van der Waals surface area (Å²) in [4.78, 5) is 0. The zero-order valence-corrected chi connectivity index (χ0v) is 10.4. The van der Waals surface area contributed by atoms with Crippen LogP contribution < -0.4 is 10.5 Å². The Labute approximate surface area is 103 Å². The average molecular weight is 235 g/mol. The summed E-state index contributed by atoms with van der Waals surface area (Å²) in [7, 11) is 0. The van der Waals surface area contributed by atoms with E-state index in [1.807, 2.05) is 18.2 Å². The van der Waals surface area contributed by atoms with Crippen LogP contribution in [0.1, 0.15) is 18.4 Å². The smallest absolute Gasteiger partial charge is 0.119 e. The first-order valence-electron chi connectivity index (χ1n) is 6.28. The minimum atomic E-state index is 0.111. The number of ether oxygens (including phenoxy) is 2. The topological polar surface area (TPSA) is 44.5 Å². The van der Waals surface area contributed by atoms with Crippen LogP contribution in [0.3, 0.4) is 0 Å². The van der Waals surface area contributed by atoms with E-state index in [1.54, 1.807) is 0 Å². The van der Waals surface area contributed by atoms with Crippen LogP contribution >= 0.6 is 0 Å². The molecule has 1 atom stereocenters. The molecule has 1 aromatic rings. The second kappa shape index (κ2) is 6.03. The van der Waals surface area contributed by atoms with Gasteiger partial charge in [0, 0.05) is 19.3 Å². The predicted molar refractivity (Wildman–Crippen MR) is 68.2 cm³/mol. The number of hydrogen-bond donors (Lipinski definition) is 1. The van der Waals surface area contributed by atoms with Crippen molar-refractivity contribution in [2.75, 3.05) is 19.8 Å². The van der Waals surface area contributed by atoms with Crippen LogP contribution in [0.15, 0.2) is 24.3 Å². The van der Waals surface area contributed by atoms with Crippen molar-refractivity contribution >= 4 is 0 Å². The molecule has 1 unspecified atom stereocenters. The molecule has 1 fully saturated rings. The van der Waals surface area contributed by atoms with E-state index < -0.39 is 0 Å². The Bertz CT molecular complexity index is 348. The summed E-state index contributed by atoms with van der Waals surface area (Å²) in [6, 6.07) is 8.19. The van der Waals surface area contributed by atoms with Gasteiger partial charge in [0.2, 0.25) is 0 Å². The van der Waals surface area contributed by atoms with E-state index in [0.717, 1.165) is 31.8 Å². The molecule has 2 rings (SSSR count). The number of aryl methyl sites for hydroxylation is 1. The lowest BCUT2D eigenvalue weighted by Gasteiger charge is -2.27. The maximum Gasteiger partial charge on any atom is 0.119 e. The molecule has 1 heterocycles. The summed E-state index contributed by atoms with van der Waals surface area (Å²) in [6.07, 6.45) is 2.11. The monoisotopic (exact) mass is 235 g/mol. The summed E-state index contributed by atoms with van der Waals surface area (Å²) in [5, 5.41) is 0. The normalized spacial score (nSPS) is 18.9. The molecule has 1 aromatic carbocycles. The van der Waals surface area contributed by atoms with Gasteiger partial charge in [-0.25, -0.2) is 0 Å². The molecule has 0 radical (unpaired) electrons. The number of benzene rings is 1. The fourth-order valence-corrected chi connectivity index (χ4v) is 2.18. The molecule has 2 N–H and O–H groups in total. The number of rotatable bonds is 4. The largest absolute Gasteiger partial charge is 0.492 e. The quantitative estimate of drug-likeness (QED) is 0.869. The molecular weight excluding hydrogens is 214 g/mol. The highest BCUT2D eigenvalue weighted by atomic mass is 16.5. The number of hydrogen-bond acceptors (Lipinski definition) is 3. The second-order valence-electron chi connectivity index (χ2n) is 4.74. The van der Waals surface area contributed by atoms with Gasteiger partial charge in [-0.3, -0.25) is 0 Å². The summed E-state index contributed by atoms with van der Waals surface area (Å²) in [5.74, 6) is 1.45. The van der Waals surface area contributed by atoms with Crippen LogP contribution in [0.2, 0.25) is 0 Å². The van der Waals surface area contributed by atoms with Crippen LogP contribution in [0, 0.1) is 12.8 Å². The lowest BCUT2D eigenvalue weighted by molar-refractivity contribution is 0.0521. The Kier molecular flexibility index (Phi) is 4.40. The van der Waals surface area contributed by atoms with Crippen molar-refractivity contribution in [3.05, 3.63) is 29.8 Å². The standard InChI is InChI=1S/C14H21NO2/c1-11-3-2-4-13(9-11)17-10-14(15)12-5-7-16-8-6-12/h2-4,9,12,14H,5-8,10,15H2,1H3. The summed E-state index contributed by atoms with van der Waals surface area (Å²) in [5.41, 5.74) is 7.36. The van der Waals surface area contributed by atoms with Gasteiger partial charge >= 0.3 is 0 Å². The second-order valence-corrected chi connectivity index (χ2v) is 4.74. The maximum absolute atomic E-state index is 6.15. The van der Waals surface area contributed by atoms with Crippen molar-refractivity contribution in [2.24, 2.45) is 11.7 Å². The highest BCUT2D eigenvalue weighted by Crippen LogP contribution is 2.19. The molecule has 3 heteroatoms. The van der Waals surface area contributed by atoms with Gasteiger partial charge in [-0.2, -0.15) is 0 Å². The van der Waals surface area contributed by atoms with E-state index in [0.29, 0.717) is 12.5 Å². The minimum absolute atomic E-state index is 0.111. The Morgan fingerprint density at radius 1 is 1.41 bits per heavy atom. The van der Waals surface area contributed by atoms with Crippen molar-refractivity contribution in [1.82, 2.24) is 0 Å². The molecule has 1 saturated heterocycles. The lowest BCUT2D eigenvalue weighted by Crippen LogP contribution is -2.38. The van der Waals surface area contributed by atoms with Gasteiger partial charge in [0.15, 0.2) is 0 Å². The van der Waals surface area contributed by atoms with Gasteiger partial charge in [0.25, 0.3) is 0 Å². The van der Waals surface area contributed by atoms with E-state index in [9.17, 15) is 0 Å². The van der Waals surface area contributed by atoms with Gasteiger partial charge in [0.1, 0.15) is 12.4 Å². The number of nitrogens with two attached hydrogens (primary N) is 1. The Morgan fingerprint density at radius 2 is 2.18 bits per heavy atom. The molecule has 0 saturated carbocycles. The Hall–Kier alpha value is -1.06. The van der Waals surface area contributed by atoms with Crippen LogP contribution in [0.4, 0.5) is 0 Å². The molecule has 1 aliphatic heterocycles. The molecule has 3 nitrogen and oxygen atoms in total. The van der Waals surface area contributed by atoms with E-state index >= 15 is 0 Å². The van der Waals surface area contributed by atoms with Crippen molar-refractivity contribution in [3.63, 3.8) is 0 Å². The Balaban J connectivity index is 1.80. The third-order valence-corrected chi connectivity index (χ3v) is 3.30.